The zero-order valence-corrected chi connectivity index (χ0v) is 25.3. The van der Waals surface area contributed by atoms with Crippen LogP contribution in [0.2, 0.25) is 0 Å². The number of aryl methyl sites for hydroxylation is 1. The number of aromatic nitrogens is 5. The van der Waals surface area contributed by atoms with Gasteiger partial charge in [-0.25, -0.2) is 17.6 Å². The van der Waals surface area contributed by atoms with Gasteiger partial charge in [-0.1, -0.05) is 13.8 Å². The number of nitrogens with one attached hydrogen (secondary N) is 1. The summed E-state index contributed by atoms with van der Waals surface area (Å²) in [6.07, 6.45) is 5.08. The van der Waals surface area contributed by atoms with Crippen molar-refractivity contribution in [2.45, 2.75) is 70.0 Å². The summed E-state index contributed by atoms with van der Waals surface area (Å²) in [6, 6.07) is 5.20. The lowest BCUT2D eigenvalue weighted by atomic mass is 10.1. The molecule has 2 saturated heterocycles. The molecule has 2 aliphatic rings. The van der Waals surface area contributed by atoms with Crippen molar-refractivity contribution in [3.8, 4) is 17.0 Å². The molecular formula is C27H34BrN7O4S. The minimum absolute atomic E-state index is 0.122. The van der Waals surface area contributed by atoms with Gasteiger partial charge < -0.3 is 9.72 Å². The van der Waals surface area contributed by atoms with E-state index in [1.807, 2.05) is 20.8 Å². The van der Waals surface area contributed by atoms with Gasteiger partial charge in [0, 0.05) is 37.3 Å². The number of ether oxygens (including phenoxy) is 1. The summed E-state index contributed by atoms with van der Waals surface area (Å²) in [7, 11) is -3.77. The van der Waals surface area contributed by atoms with Gasteiger partial charge in [0.25, 0.3) is 0 Å². The first-order chi connectivity index (χ1) is 19.3. The average molecular weight is 633 g/mol. The van der Waals surface area contributed by atoms with Crippen molar-refractivity contribution in [1.82, 2.24) is 33.4 Å². The summed E-state index contributed by atoms with van der Waals surface area (Å²) in [6.45, 7) is 9.26. The molecule has 2 aliphatic heterocycles. The van der Waals surface area contributed by atoms with Crippen molar-refractivity contribution in [3.05, 3.63) is 39.5 Å². The predicted octanol–water partition coefficient (Wildman–Crippen LogP) is 3.86. The van der Waals surface area contributed by atoms with Crippen molar-refractivity contribution in [2.75, 3.05) is 26.2 Å². The van der Waals surface area contributed by atoms with E-state index >= 15 is 0 Å². The molecule has 3 aromatic heterocycles. The van der Waals surface area contributed by atoms with Gasteiger partial charge in [0.2, 0.25) is 10.0 Å². The Morgan fingerprint density at radius 3 is 2.80 bits per heavy atom. The standard InChI is InChI=1S/C27H34BrN7O4S/c1-4-10-33-25-22(28)23(30-24(25)26-31-29-16-34(26)27(33)36)20-13-19(8-9-21(20)39-12-5-2)40(37,38)35-15-18-7-6-11-32(18)14-17(35)3/h8-9,13,16-18,30H,4-7,10-12,14-15H2,1-3H3/t17-,18+/m1/s1. The molecule has 0 spiro atoms. The second-order valence-corrected chi connectivity index (χ2v) is 13.4. The molecule has 1 N–H and O–H groups in total. The number of piperazine rings is 1. The molecule has 5 heterocycles. The molecule has 13 heteroatoms. The van der Waals surface area contributed by atoms with E-state index in [-0.39, 0.29) is 22.7 Å². The number of rotatable bonds is 8. The molecule has 40 heavy (non-hydrogen) atoms. The van der Waals surface area contributed by atoms with Crippen LogP contribution in [0.3, 0.4) is 0 Å². The van der Waals surface area contributed by atoms with Crippen LogP contribution in [0.1, 0.15) is 46.5 Å². The molecule has 11 nitrogen and oxygen atoms in total. The molecular weight excluding hydrogens is 598 g/mol. The van der Waals surface area contributed by atoms with Crippen LogP contribution in [0.15, 0.2) is 38.7 Å². The number of H-pyrrole nitrogens is 1. The number of hydrogen-bond acceptors (Lipinski definition) is 7. The average Bonchev–Trinajstić information content (AvgIpc) is 3.68. The fraction of sp³-hybridized carbons (Fsp3) is 0.519. The highest BCUT2D eigenvalue weighted by Crippen LogP contribution is 2.41. The van der Waals surface area contributed by atoms with Gasteiger partial charge >= 0.3 is 5.69 Å². The summed E-state index contributed by atoms with van der Waals surface area (Å²) in [5.41, 5.74) is 2.67. The van der Waals surface area contributed by atoms with Crippen molar-refractivity contribution >= 4 is 42.6 Å². The van der Waals surface area contributed by atoms with Crippen LogP contribution in [-0.4, -0.2) is 80.1 Å². The molecule has 0 bridgehead atoms. The molecule has 0 aliphatic carbocycles. The first-order valence-corrected chi connectivity index (χ1v) is 16.2. The fourth-order valence-corrected chi connectivity index (χ4v) is 8.52. The van der Waals surface area contributed by atoms with Crippen molar-refractivity contribution in [2.24, 2.45) is 0 Å². The zero-order chi connectivity index (χ0) is 28.2. The number of hydrogen-bond donors (Lipinski definition) is 1. The lowest BCUT2D eigenvalue weighted by Crippen LogP contribution is -2.56. The highest BCUT2D eigenvalue weighted by molar-refractivity contribution is 9.10. The fourth-order valence-electron chi connectivity index (χ4n) is 6.10. The van der Waals surface area contributed by atoms with E-state index in [0.717, 1.165) is 38.8 Å². The van der Waals surface area contributed by atoms with E-state index in [1.54, 1.807) is 27.1 Å². The van der Waals surface area contributed by atoms with Gasteiger partial charge in [-0.2, -0.15) is 4.31 Å². The van der Waals surface area contributed by atoms with E-state index < -0.39 is 10.0 Å². The van der Waals surface area contributed by atoms with Crippen LogP contribution < -0.4 is 10.4 Å². The number of aromatic amines is 1. The second-order valence-electron chi connectivity index (χ2n) is 10.7. The Bertz CT molecular complexity index is 1740. The number of sulfonamides is 1. The SMILES string of the molecule is CCCOc1ccc(S(=O)(=O)N2C[C@@H]3CCCN3C[C@H]2C)cc1-c1[nH]c2c(c1Br)n(CCC)c(=O)n1cnnc21. The lowest BCUT2D eigenvalue weighted by molar-refractivity contribution is 0.117. The first-order valence-electron chi connectivity index (χ1n) is 13.9. The van der Waals surface area contributed by atoms with Crippen molar-refractivity contribution in [1.29, 1.82) is 0 Å². The maximum absolute atomic E-state index is 14.1. The Balaban J connectivity index is 1.52. The summed E-state index contributed by atoms with van der Waals surface area (Å²) >= 11 is 3.74. The van der Waals surface area contributed by atoms with Crippen molar-refractivity contribution < 1.29 is 13.2 Å². The van der Waals surface area contributed by atoms with Crippen LogP contribution in [0.5, 0.6) is 5.75 Å². The minimum atomic E-state index is -3.77. The number of fused-ring (bicyclic) bond motifs is 4. The van der Waals surface area contributed by atoms with Gasteiger partial charge in [0.15, 0.2) is 5.65 Å². The van der Waals surface area contributed by atoms with Gasteiger partial charge in [-0.3, -0.25) is 9.47 Å². The van der Waals surface area contributed by atoms with E-state index in [2.05, 4.69) is 36.0 Å². The van der Waals surface area contributed by atoms with Crippen LogP contribution in [0, 0.1) is 0 Å². The summed E-state index contributed by atoms with van der Waals surface area (Å²) < 4.78 is 39.6. The van der Waals surface area contributed by atoms with Crippen LogP contribution in [-0.2, 0) is 16.6 Å². The maximum atomic E-state index is 14.1. The molecule has 4 aromatic rings. The highest BCUT2D eigenvalue weighted by Gasteiger charge is 2.40. The van der Waals surface area contributed by atoms with E-state index in [4.69, 9.17) is 4.74 Å². The van der Waals surface area contributed by atoms with Gasteiger partial charge in [-0.15, -0.1) is 10.2 Å². The third kappa shape index (κ3) is 4.38. The Hall–Kier alpha value is -2.74. The molecule has 0 radical (unpaired) electrons. The lowest BCUT2D eigenvalue weighted by Gasteiger charge is -2.41. The van der Waals surface area contributed by atoms with Gasteiger partial charge in [-0.05, 0) is 73.3 Å². The molecule has 2 fully saturated rings. The second kappa shape index (κ2) is 10.6. The normalized spacial score (nSPS) is 20.5. The molecule has 214 valence electrons. The summed E-state index contributed by atoms with van der Waals surface area (Å²) in [4.78, 5) is 19.3. The highest BCUT2D eigenvalue weighted by atomic mass is 79.9. The van der Waals surface area contributed by atoms with Crippen LogP contribution in [0.25, 0.3) is 27.9 Å². The Morgan fingerprint density at radius 1 is 1.20 bits per heavy atom. The number of halogens is 1. The molecule has 0 unspecified atom stereocenters. The topological polar surface area (TPSA) is 118 Å². The molecule has 6 rings (SSSR count). The van der Waals surface area contributed by atoms with Crippen LogP contribution >= 0.6 is 15.9 Å². The van der Waals surface area contributed by atoms with Crippen LogP contribution in [0.4, 0.5) is 0 Å². The minimum Gasteiger partial charge on any atom is -0.493 e. The Labute approximate surface area is 241 Å². The Morgan fingerprint density at radius 2 is 2.02 bits per heavy atom. The van der Waals surface area contributed by atoms with E-state index in [0.29, 0.717) is 57.9 Å². The summed E-state index contributed by atoms with van der Waals surface area (Å²) in [5, 5.41) is 8.15. The predicted molar refractivity (Wildman–Crippen MR) is 156 cm³/mol. The largest absolute Gasteiger partial charge is 0.493 e. The third-order valence-corrected chi connectivity index (χ3v) is 10.8. The van der Waals surface area contributed by atoms with E-state index in [9.17, 15) is 13.2 Å². The Kier molecular flexibility index (Phi) is 7.26. The number of benzene rings is 1. The molecule has 2 atom stereocenters. The smallest absolute Gasteiger partial charge is 0.335 e. The third-order valence-electron chi connectivity index (χ3n) is 8.01. The molecule has 0 amide bonds. The quantitative estimate of drug-likeness (QED) is 0.314. The van der Waals surface area contributed by atoms with Gasteiger partial charge in [0.05, 0.1) is 27.2 Å². The van der Waals surface area contributed by atoms with Gasteiger partial charge in [0.1, 0.15) is 17.6 Å². The molecule has 1 aromatic carbocycles. The maximum Gasteiger partial charge on any atom is 0.335 e. The monoisotopic (exact) mass is 631 g/mol. The zero-order valence-electron chi connectivity index (χ0n) is 22.9. The van der Waals surface area contributed by atoms with Crippen molar-refractivity contribution in [3.63, 3.8) is 0 Å². The number of nitrogens with zero attached hydrogens (tertiary/aromatic N) is 6. The van der Waals surface area contributed by atoms with E-state index in [1.165, 1.54) is 10.7 Å². The first kappa shape index (κ1) is 27.4. The molecule has 0 saturated carbocycles. The summed E-state index contributed by atoms with van der Waals surface area (Å²) in [5.74, 6) is 0.559.